The van der Waals surface area contributed by atoms with Crippen molar-refractivity contribution >= 4 is 17.6 Å². The molecule has 2 amide bonds. The van der Waals surface area contributed by atoms with Crippen LogP contribution in [0.4, 0.5) is 9.18 Å². The van der Waals surface area contributed by atoms with Gasteiger partial charge < -0.3 is 20.3 Å². The number of carbonyl (C=O) groups is 1. The van der Waals surface area contributed by atoms with E-state index >= 15 is 0 Å². The van der Waals surface area contributed by atoms with E-state index in [1.165, 1.54) is 12.1 Å². The zero-order valence-electron chi connectivity index (χ0n) is 11.7. The molecule has 0 aliphatic heterocycles. The summed E-state index contributed by atoms with van der Waals surface area (Å²) < 4.78 is 15.2. The Hall–Kier alpha value is -2.12. The molecule has 22 heavy (non-hydrogen) atoms. The molecule has 1 atom stereocenters. The predicted octanol–water partition coefficient (Wildman–Crippen LogP) is 1.71. The topological polar surface area (TPSA) is 79.2 Å². The molecule has 2 aromatic rings. The van der Waals surface area contributed by atoms with Gasteiger partial charge in [-0.25, -0.2) is 14.2 Å². The number of aliphatic hydroxyl groups excluding tert-OH is 1. The van der Waals surface area contributed by atoms with E-state index in [-0.39, 0.29) is 11.6 Å². The summed E-state index contributed by atoms with van der Waals surface area (Å²) in [6, 6.07) is 2.97. The number of aliphatic hydroxyl groups is 1. The second-order valence-corrected chi connectivity index (χ2v) is 5.02. The molecular formula is C14H16ClFN4O2. The average molecular weight is 327 g/mol. The first-order valence-electron chi connectivity index (χ1n) is 6.66. The van der Waals surface area contributed by atoms with Crippen LogP contribution in [-0.2, 0) is 6.54 Å². The first-order valence-corrected chi connectivity index (χ1v) is 7.04. The van der Waals surface area contributed by atoms with Crippen LogP contribution in [0.15, 0.2) is 36.9 Å². The zero-order valence-corrected chi connectivity index (χ0v) is 12.4. The molecule has 0 bridgehead atoms. The van der Waals surface area contributed by atoms with E-state index in [2.05, 4.69) is 15.6 Å². The van der Waals surface area contributed by atoms with Crippen molar-refractivity contribution in [3.63, 3.8) is 0 Å². The summed E-state index contributed by atoms with van der Waals surface area (Å²) in [6.07, 6.45) is 5.08. The third kappa shape index (κ3) is 4.44. The molecular weight excluding hydrogens is 311 g/mol. The Morgan fingerprint density at radius 3 is 2.95 bits per heavy atom. The fourth-order valence-electron chi connectivity index (χ4n) is 1.89. The monoisotopic (exact) mass is 326 g/mol. The van der Waals surface area contributed by atoms with Crippen molar-refractivity contribution in [1.82, 2.24) is 20.2 Å². The van der Waals surface area contributed by atoms with Crippen LogP contribution in [0.5, 0.6) is 0 Å². The molecule has 0 radical (unpaired) electrons. The van der Waals surface area contributed by atoms with Gasteiger partial charge in [-0.15, -0.1) is 0 Å². The molecule has 0 saturated heterocycles. The number of hydrogen-bond acceptors (Lipinski definition) is 3. The third-order valence-corrected chi connectivity index (χ3v) is 3.36. The summed E-state index contributed by atoms with van der Waals surface area (Å²) in [4.78, 5) is 15.7. The van der Waals surface area contributed by atoms with Crippen LogP contribution in [0, 0.1) is 5.82 Å². The highest BCUT2D eigenvalue weighted by atomic mass is 35.5. The van der Waals surface area contributed by atoms with Crippen molar-refractivity contribution in [2.24, 2.45) is 0 Å². The van der Waals surface area contributed by atoms with E-state index in [4.69, 9.17) is 11.6 Å². The number of carbonyl (C=O) groups excluding carboxylic acids is 1. The van der Waals surface area contributed by atoms with Gasteiger partial charge in [0.25, 0.3) is 0 Å². The lowest BCUT2D eigenvalue weighted by atomic mass is 10.1. The summed E-state index contributed by atoms with van der Waals surface area (Å²) in [5.41, 5.74) is 0.439. The molecule has 0 fully saturated rings. The number of nitrogens with zero attached hydrogens (tertiary/aromatic N) is 2. The van der Waals surface area contributed by atoms with Crippen LogP contribution >= 0.6 is 11.6 Å². The van der Waals surface area contributed by atoms with Gasteiger partial charge >= 0.3 is 6.03 Å². The number of rotatable bonds is 6. The van der Waals surface area contributed by atoms with E-state index in [9.17, 15) is 14.3 Å². The second kappa shape index (κ2) is 7.77. The molecule has 6 nitrogen and oxygen atoms in total. The number of hydrogen-bond donors (Lipinski definition) is 3. The molecule has 1 unspecified atom stereocenters. The highest BCUT2D eigenvalue weighted by molar-refractivity contribution is 6.30. The summed E-state index contributed by atoms with van der Waals surface area (Å²) in [7, 11) is 0. The molecule has 118 valence electrons. The molecule has 1 aromatic carbocycles. The Morgan fingerprint density at radius 2 is 2.32 bits per heavy atom. The SMILES string of the molecule is O=C(NCCn1ccnc1)NC(CO)c1ccc(Cl)c(F)c1. The van der Waals surface area contributed by atoms with Gasteiger partial charge in [0.1, 0.15) is 5.82 Å². The number of amides is 2. The first kappa shape index (κ1) is 16.3. The lowest BCUT2D eigenvalue weighted by Crippen LogP contribution is -2.40. The summed E-state index contributed by atoms with van der Waals surface area (Å²) in [5.74, 6) is -0.597. The molecule has 0 aliphatic rings. The van der Waals surface area contributed by atoms with E-state index in [1.54, 1.807) is 24.8 Å². The number of imidazole rings is 1. The van der Waals surface area contributed by atoms with Crippen LogP contribution in [0.1, 0.15) is 11.6 Å². The maximum Gasteiger partial charge on any atom is 0.315 e. The maximum atomic E-state index is 13.4. The van der Waals surface area contributed by atoms with Gasteiger partial charge in [0.2, 0.25) is 0 Å². The predicted molar refractivity (Wildman–Crippen MR) is 80.0 cm³/mol. The average Bonchev–Trinajstić information content (AvgIpc) is 3.01. The second-order valence-electron chi connectivity index (χ2n) is 4.61. The van der Waals surface area contributed by atoms with Crippen LogP contribution in [0.2, 0.25) is 5.02 Å². The Morgan fingerprint density at radius 1 is 1.50 bits per heavy atom. The molecule has 0 spiro atoms. The number of benzene rings is 1. The number of urea groups is 1. The minimum atomic E-state index is -0.708. The Kier molecular flexibility index (Phi) is 5.74. The number of nitrogens with one attached hydrogen (secondary N) is 2. The molecule has 8 heteroatoms. The van der Waals surface area contributed by atoms with Crippen LogP contribution in [0.25, 0.3) is 0 Å². The van der Waals surface area contributed by atoms with Gasteiger partial charge in [-0.1, -0.05) is 17.7 Å². The molecule has 2 rings (SSSR count). The Bertz CT molecular complexity index is 621. The summed E-state index contributed by atoms with van der Waals surface area (Å²) >= 11 is 5.61. The highest BCUT2D eigenvalue weighted by Gasteiger charge is 2.15. The lowest BCUT2D eigenvalue weighted by molar-refractivity contribution is 0.216. The minimum absolute atomic E-state index is 0.00905. The van der Waals surface area contributed by atoms with E-state index < -0.39 is 17.9 Å². The van der Waals surface area contributed by atoms with Crippen LogP contribution in [-0.4, -0.2) is 33.8 Å². The molecule has 1 aromatic heterocycles. The summed E-state index contributed by atoms with van der Waals surface area (Å²) in [5, 5.41) is 14.6. The van der Waals surface area contributed by atoms with Crippen molar-refractivity contribution in [1.29, 1.82) is 0 Å². The quantitative estimate of drug-likeness (QED) is 0.756. The smallest absolute Gasteiger partial charge is 0.315 e. The molecule has 1 heterocycles. The fraction of sp³-hybridized carbons (Fsp3) is 0.286. The zero-order chi connectivity index (χ0) is 15.9. The van der Waals surface area contributed by atoms with Gasteiger partial charge in [-0.2, -0.15) is 0 Å². The minimum Gasteiger partial charge on any atom is -0.394 e. The molecule has 3 N–H and O–H groups in total. The van der Waals surface area contributed by atoms with Crippen molar-refractivity contribution in [2.45, 2.75) is 12.6 Å². The van der Waals surface area contributed by atoms with Crippen molar-refractivity contribution in [2.75, 3.05) is 13.2 Å². The van der Waals surface area contributed by atoms with Crippen LogP contribution in [0.3, 0.4) is 0 Å². The van der Waals surface area contributed by atoms with Crippen LogP contribution < -0.4 is 10.6 Å². The number of halogens is 2. The van der Waals surface area contributed by atoms with E-state index in [0.717, 1.165) is 0 Å². The fourth-order valence-corrected chi connectivity index (χ4v) is 2.01. The van der Waals surface area contributed by atoms with Crippen molar-refractivity contribution in [3.8, 4) is 0 Å². The number of aromatic nitrogens is 2. The van der Waals surface area contributed by atoms with Gasteiger partial charge in [-0.05, 0) is 17.7 Å². The van der Waals surface area contributed by atoms with Gasteiger partial charge in [0, 0.05) is 25.5 Å². The normalized spacial score (nSPS) is 12.0. The van der Waals surface area contributed by atoms with Gasteiger partial charge in [0.15, 0.2) is 0 Å². The van der Waals surface area contributed by atoms with E-state index in [1.807, 2.05) is 4.57 Å². The highest BCUT2D eigenvalue weighted by Crippen LogP contribution is 2.20. The Balaban J connectivity index is 1.86. The summed E-state index contributed by atoms with van der Waals surface area (Å²) in [6.45, 7) is 0.623. The third-order valence-electron chi connectivity index (χ3n) is 3.05. The van der Waals surface area contributed by atoms with Gasteiger partial charge in [0.05, 0.1) is 24.0 Å². The van der Waals surface area contributed by atoms with Gasteiger partial charge in [-0.3, -0.25) is 0 Å². The van der Waals surface area contributed by atoms with Crippen molar-refractivity contribution in [3.05, 3.63) is 53.3 Å². The van der Waals surface area contributed by atoms with E-state index in [0.29, 0.717) is 18.7 Å². The molecule has 0 aliphatic carbocycles. The standard InChI is InChI=1S/C14H16ClFN4O2/c15-11-2-1-10(7-12(11)16)13(8-21)19-14(22)18-4-6-20-5-3-17-9-20/h1-3,5,7,9,13,21H,4,6,8H2,(H2,18,19,22). The molecule has 0 saturated carbocycles. The Labute approximate surface area is 131 Å². The maximum absolute atomic E-state index is 13.4. The largest absolute Gasteiger partial charge is 0.394 e. The van der Waals surface area contributed by atoms with Crippen molar-refractivity contribution < 1.29 is 14.3 Å². The lowest BCUT2D eigenvalue weighted by Gasteiger charge is -2.17. The first-order chi connectivity index (χ1) is 10.6.